The van der Waals surface area contributed by atoms with E-state index in [2.05, 4.69) is 6.58 Å². The molecule has 0 heterocycles. The van der Waals surface area contributed by atoms with Crippen molar-refractivity contribution < 1.29 is 5.11 Å². The fourth-order valence-electron chi connectivity index (χ4n) is 0.990. The largest absolute Gasteiger partial charge is 0.384 e. The van der Waals surface area contributed by atoms with Crippen LogP contribution in [-0.4, -0.2) is 5.11 Å². The molecule has 1 atom stereocenters. The molecule has 0 aromatic heterocycles. The van der Waals surface area contributed by atoms with Gasteiger partial charge in [-0.05, 0) is 12.5 Å². The van der Waals surface area contributed by atoms with Crippen molar-refractivity contribution in [2.24, 2.45) is 0 Å². The molecule has 0 saturated carbocycles. The lowest BCUT2D eigenvalue weighted by Crippen LogP contribution is -1.91. The van der Waals surface area contributed by atoms with Crippen LogP contribution in [0.5, 0.6) is 0 Å². The Morgan fingerprint density at radius 2 is 2.27 bits per heavy atom. The number of hydrogen-bond acceptors (Lipinski definition) is 1. The molecule has 1 rings (SSSR count). The van der Waals surface area contributed by atoms with Gasteiger partial charge in [0, 0.05) is 0 Å². The van der Waals surface area contributed by atoms with E-state index in [-0.39, 0.29) is 0 Å². The third-order valence-corrected chi connectivity index (χ3v) is 1.61. The van der Waals surface area contributed by atoms with Gasteiger partial charge < -0.3 is 5.11 Å². The van der Waals surface area contributed by atoms with Crippen molar-refractivity contribution >= 4 is 0 Å². The van der Waals surface area contributed by atoms with Gasteiger partial charge in [0.25, 0.3) is 0 Å². The zero-order valence-electron chi connectivity index (χ0n) is 6.62. The minimum absolute atomic E-state index is 0.533. The van der Waals surface area contributed by atoms with Gasteiger partial charge in [0.1, 0.15) is 0 Å². The molecule has 0 fully saturated rings. The zero-order valence-corrected chi connectivity index (χ0v) is 6.62. The highest BCUT2D eigenvalue weighted by Crippen LogP contribution is 2.14. The summed E-state index contributed by atoms with van der Waals surface area (Å²) >= 11 is 0. The maximum absolute atomic E-state index is 9.34. The van der Waals surface area contributed by atoms with E-state index in [1.165, 1.54) is 6.08 Å². The van der Waals surface area contributed by atoms with Crippen molar-refractivity contribution in [3.63, 3.8) is 0 Å². The van der Waals surface area contributed by atoms with Crippen LogP contribution in [0.15, 0.2) is 36.9 Å². The molecule has 0 unspecified atom stereocenters. The second-order valence-corrected chi connectivity index (χ2v) is 2.59. The Hall–Kier alpha value is -1.08. The van der Waals surface area contributed by atoms with Crippen LogP contribution in [-0.2, 0) is 0 Å². The monoisotopic (exact) mass is 148 g/mol. The van der Waals surface area contributed by atoms with Gasteiger partial charge in [0.05, 0.1) is 6.10 Å². The van der Waals surface area contributed by atoms with Crippen molar-refractivity contribution in [3.05, 3.63) is 48.0 Å². The molecule has 1 aromatic carbocycles. The Balaban J connectivity index is 2.95. The van der Waals surface area contributed by atoms with Gasteiger partial charge in [-0.3, -0.25) is 0 Å². The van der Waals surface area contributed by atoms with E-state index in [0.29, 0.717) is 0 Å². The number of aliphatic hydroxyl groups excluding tert-OH is 1. The van der Waals surface area contributed by atoms with E-state index < -0.39 is 6.10 Å². The van der Waals surface area contributed by atoms with Crippen molar-refractivity contribution in [1.29, 1.82) is 0 Å². The zero-order chi connectivity index (χ0) is 8.27. The van der Waals surface area contributed by atoms with Crippen LogP contribution in [0.3, 0.4) is 0 Å². The minimum Gasteiger partial charge on any atom is -0.384 e. The maximum atomic E-state index is 9.34. The molecule has 1 aromatic rings. The third-order valence-electron chi connectivity index (χ3n) is 1.61. The highest BCUT2D eigenvalue weighted by molar-refractivity contribution is 5.25. The van der Waals surface area contributed by atoms with Crippen molar-refractivity contribution in [2.45, 2.75) is 13.0 Å². The third kappa shape index (κ3) is 1.92. The van der Waals surface area contributed by atoms with Crippen molar-refractivity contribution in [2.75, 3.05) is 0 Å². The molecule has 0 bridgehead atoms. The standard InChI is InChI=1S/C10H12O/c1-3-10(11)9-6-4-5-8(2)7-9/h3-7,10-11H,1H2,2H3/t10-/m0/s1. The van der Waals surface area contributed by atoms with Gasteiger partial charge >= 0.3 is 0 Å². The molecule has 11 heavy (non-hydrogen) atoms. The summed E-state index contributed by atoms with van der Waals surface area (Å²) in [5.41, 5.74) is 2.06. The van der Waals surface area contributed by atoms with Crippen molar-refractivity contribution in [3.8, 4) is 0 Å². The number of hydrogen-bond donors (Lipinski definition) is 1. The second-order valence-electron chi connectivity index (χ2n) is 2.59. The van der Waals surface area contributed by atoms with Crippen LogP contribution < -0.4 is 0 Å². The summed E-state index contributed by atoms with van der Waals surface area (Å²) in [7, 11) is 0. The Morgan fingerprint density at radius 3 is 2.82 bits per heavy atom. The first-order chi connectivity index (χ1) is 5.24. The first-order valence-electron chi connectivity index (χ1n) is 3.61. The lowest BCUT2D eigenvalue weighted by Gasteiger charge is -2.05. The topological polar surface area (TPSA) is 20.2 Å². The SMILES string of the molecule is C=C[C@H](O)c1cccc(C)c1. The molecule has 1 N–H and O–H groups in total. The van der Waals surface area contributed by atoms with Gasteiger partial charge in [-0.1, -0.05) is 35.9 Å². The molecular weight excluding hydrogens is 136 g/mol. The van der Waals surface area contributed by atoms with Crippen LogP contribution in [0.2, 0.25) is 0 Å². The Morgan fingerprint density at radius 1 is 1.55 bits per heavy atom. The van der Waals surface area contributed by atoms with Crippen LogP contribution in [0.25, 0.3) is 0 Å². The molecule has 0 amide bonds. The molecular formula is C10H12O. The van der Waals surface area contributed by atoms with Gasteiger partial charge in [-0.15, -0.1) is 6.58 Å². The predicted molar refractivity (Wildman–Crippen MR) is 46.3 cm³/mol. The lowest BCUT2D eigenvalue weighted by atomic mass is 10.1. The molecule has 1 heteroatoms. The van der Waals surface area contributed by atoms with E-state index >= 15 is 0 Å². The van der Waals surface area contributed by atoms with Crippen molar-refractivity contribution in [1.82, 2.24) is 0 Å². The molecule has 58 valence electrons. The van der Waals surface area contributed by atoms with Gasteiger partial charge in [-0.2, -0.15) is 0 Å². The molecule has 0 aliphatic rings. The Bertz CT molecular complexity index is 253. The van der Waals surface area contributed by atoms with Gasteiger partial charge in [0.2, 0.25) is 0 Å². The fourth-order valence-corrected chi connectivity index (χ4v) is 0.990. The maximum Gasteiger partial charge on any atom is 0.0969 e. The quantitative estimate of drug-likeness (QED) is 0.637. The predicted octanol–water partition coefficient (Wildman–Crippen LogP) is 2.21. The average Bonchev–Trinajstić information content (AvgIpc) is 2.03. The minimum atomic E-state index is -0.533. The smallest absolute Gasteiger partial charge is 0.0969 e. The second kappa shape index (κ2) is 3.35. The highest BCUT2D eigenvalue weighted by Gasteiger charge is 2.00. The van der Waals surface area contributed by atoms with Crippen LogP contribution >= 0.6 is 0 Å². The summed E-state index contributed by atoms with van der Waals surface area (Å²) in [5.74, 6) is 0. The Kier molecular flexibility index (Phi) is 2.44. The molecule has 0 spiro atoms. The van der Waals surface area contributed by atoms with Crippen LogP contribution in [0.4, 0.5) is 0 Å². The normalized spacial score (nSPS) is 12.5. The van der Waals surface area contributed by atoms with Gasteiger partial charge in [0.15, 0.2) is 0 Å². The summed E-state index contributed by atoms with van der Waals surface area (Å²) in [6.45, 7) is 5.52. The highest BCUT2D eigenvalue weighted by atomic mass is 16.3. The van der Waals surface area contributed by atoms with E-state index in [1.54, 1.807) is 0 Å². The number of rotatable bonds is 2. The summed E-state index contributed by atoms with van der Waals surface area (Å²) in [4.78, 5) is 0. The van der Waals surface area contributed by atoms with Gasteiger partial charge in [-0.25, -0.2) is 0 Å². The first-order valence-corrected chi connectivity index (χ1v) is 3.61. The van der Waals surface area contributed by atoms with E-state index in [0.717, 1.165) is 11.1 Å². The number of aryl methyl sites for hydroxylation is 1. The summed E-state index contributed by atoms with van der Waals surface area (Å²) in [6, 6.07) is 7.77. The summed E-state index contributed by atoms with van der Waals surface area (Å²) in [5, 5.41) is 9.34. The van der Waals surface area contributed by atoms with Crippen LogP contribution in [0, 0.1) is 6.92 Å². The fraction of sp³-hybridized carbons (Fsp3) is 0.200. The first kappa shape index (κ1) is 8.02. The molecule has 0 aliphatic heterocycles. The number of benzene rings is 1. The van der Waals surface area contributed by atoms with E-state index in [4.69, 9.17) is 0 Å². The molecule has 1 nitrogen and oxygen atoms in total. The molecule has 0 radical (unpaired) electrons. The lowest BCUT2D eigenvalue weighted by molar-refractivity contribution is 0.229. The summed E-state index contributed by atoms with van der Waals surface area (Å²) < 4.78 is 0. The number of aliphatic hydroxyl groups is 1. The van der Waals surface area contributed by atoms with Crippen LogP contribution in [0.1, 0.15) is 17.2 Å². The molecule has 0 saturated heterocycles. The van der Waals surface area contributed by atoms with E-state index in [1.807, 2.05) is 31.2 Å². The van der Waals surface area contributed by atoms with E-state index in [9.17, 15) is 5.11 Å². The molecule has 0 aliphatic carbocycles. The Labute approximate surface area is 67.0 Å². The summed E-state index contributed by atoms with van der Waals surface area (Å²) in [6.07, 6.45) is 0.990. The average molecular weight is 148 g/mol.